The largest absolute Gasteiger partial charge is 0.444 e. The van der Waals surface area contributed by atoms with Crippen LogP contribution in [0.2, 0.25) is 0 Å². The fourth-order valence-corrected chi connectivity index (χ4v) is 2.18. The molecule has 102 valence electrons. The molecule has 5 heteroatoms. The molecule has 0 saturated carbocycles. The molecule has 2 N–H and O–H groups in total. The molecular formula is C15H15N3O2. The Morgan fingerprint density at radius 3 is 3.00 bits per heavy atom. The molecular weight excluding hydrogens is 254 g/mol. The first kappa shape index (κ1) is 12.5. The Morgan fingerprint density at radius 2 is 2.25 bits per heavy atom. The van der Waals surface area contributed by atoms with Crippen molar-refractivity contribution in [3.05, 3.63) is 53.9 Å². The topological polar surface area (TPSA) is 70.9 Å². The number of nitrogens with one attached hydrogen (secondary N) is 2. The van der Waals surface area contributed by atoms with E-state index in [-0.39, 0.29) is 11.9 Å². The van der Waals surface area contributed by atoms with E-state index in [2.05, 4.69) is 15.3 Å². The summed E-state index contributed by atoms with van der Waals surface area (Å²) in [4.78, 5) is 19.6. The summed E-state index contributed by atoms with van der Waals surface area (Å²) in [5.41, 5.74) is 1.45. The van der Waals surface area contributed by atoms with E-state index >= 15 is 0 Å². The number of aromatic nitrogens is 2. The van der Waals surface area contributed by atoms with Crippen LogP contribution in [0.5, 0.6) is 0 Å². The van der Waals surface area contributed by atoms with Gasteiger partial charge in [0.15, 0.2) is 0 Å². The van der Waals surface area contributed by atoms with Gasteiger partial charge in [0.05, 0.1) is 17.3 Å². The molecule has 2 aromatic heterocycles. The number of para-hydroxylation sites is 1. The number of rotatable bonds is 3. The van der Waals surface area contributed by atoms with Gasteiger partial charge in [0, 0.05) is 11.6 Å². The van der Waals surface area contributed by atoms with E-state index < -0.39 is 0 Å². The number of oxazole rings is 1. The van der Waals surface area contributed by atoms with Gasteiger partial charge in [-0.15, -0.1) is 0 Å². The third-order valence-electron chi connectivity index (χ3n) is 3.19. The summed E-state index contributed by atoms with van der Waals surface area (Å²) in [5.74, 6) is 1.09. The van der Waals surface area contributed by atoms with E-state index in [4.69, 9.17) is 4.42 Å². The SMILES string of the molecule is Cc1cnc(C(C)NC(=O)c2cccc3cc[nH]c23)o1. The first-order valence-electron chi connectivity index (χ1n) is 6.44. The number of nitrogens with zero attached hydrogens (tertiary/aromatic N) is 1. The van der Waals surface area contributed by atoms with Gasteiger partial charge in [0.2, 0.25) is 5.89 Å². The number of H-pyrrole nitrogens is 1. The second-order valence-electron chi connectivity index (χ2n) is 4.75. The minimum absolute atomic E-state index is 0.151. The second-order valence-corrected chi connectivity index (χ2v) is 4.75. The molecule has 3 aromatic rings. The van der Waals surface area contributed by atoms with Crippen molar-refractivity contribution in [1.29, 1.82) is 0 Å². The molecule has 1 amide bonds. The fraction of sp³-hybridized carbons (Fsp3) is 0.200. The van der Waals surface area contributed by atoms with E-state index in [9.17, 15) is 4.79 Å². The van der Waals surface area contributed by atoms with Crippen LogP contribution in [0.1, 0.15) is 35.0 Å². The van der Waals surface area contributed by atoms with Crippen molar-refractivity contribution >= 4 is 16.8 Å². The average Bonchev–Trinajstić information content (AvgIpc) is 3.06. The zero-order chi connectivity index (χ0) is 14.1. The number of amides is 1. The number of hydrogen-bond donors (Lipinski definition) is 2. The highest BCUT2D eigenvalue weighted by atomic mass is 16.4. The van der Waals surface area contributed by atoms with E-state index in [0.717, 1.165) is 16.7 Å². The Balaban J connectivity index is 1.84. The van der Waals surface area contributed by atoms with E-state index in [0.29, 0.717) is 11.5 Å². The maximum absolute atomic E-state index is 12.3. The first-order valence-corrected chi connectivity index (χ1v) is 6.44. The Hall–Kier alpha value is -2.56. The summed E-state index contributed by atoms with van der Waals surface area (Å²) in [6.45, 7) is 3.67. The average molecular weight is 269 g/mol. The molecule has 0 saturated heterocycles. The van der Waals surface area contributed by atoms with Gasteiger partial charge in [-0.25, -0.2) is 4.98 Å². The molecule has 5 nitrogen and oxygen atoms in total. The van der Waals surface area contributed by atoms with Gasteiger partial charge in [-0.3, -0.25) is 4.79 Å². The molecule has 0 spiro atoms. The quantitative estimate of drug-likeness (QED) is 0.768. The molecule has 1 unspecified atom stereocenters. The maximum Gasteiger partial charge on any atom is 0.254 e. The number of fused-ring (bicyclic) bond motifs is 1. The normalized spacial score (nSPS) is 12.5. The number of benzene rings is 1. The van der Waals surface area contributed by atoms with Crippen molar-refractivity contribution in [3.63, 3.8) is 0 Å². The van der Waals surface area contributed by atoms with Crippen LogP contribution in [0.25, 0.3) is 10.9 Å². The summed E-state index contributed by atoms with van der Waals surface area (Å²) >= 11 is 0. The number of carbonyl (C=O) groups excluding carboxylic acids is 1. The van der Waals surface area contributed by atoms with E-state index in [1.165, 1.54) is 0 Å². The minimum atomic E-state index is -0.276. The molecule has 0 bridgehead atoms. The molecule has 0 radical (unpaired) electrons. The predicted octanol–water partition coefficient (Wildman–Crippen LogP) is 2.96. The van der Waals surface area contributed by atoms with E-state index in [1.807, 2.05) is 38.2 Å². The molecule has 0 aliphatic carbocycles. The molecule has 0 aliphatic rings. The van der Waals surface area contributed by atoms with Crippen molar-refractivity contribution in [2.45, 2.75) is 19.9 Å². The summed E-state index contributed by atoms with van der Waals surface area (Å²) in [7, 11) is 0. The van der Waals surface area contributed by atoms with Crippen LogP contribution >= 0.6 is 0 Å². The Labute approximate surface area is 116 Å². The number of carbonyl (C=O) groups is 1. The summed E-state index contributed by atoms with van der Waals surface area (Å²) in [5, 5.41) is 3.90. The molecule has 0 aliphatic heterocycles. The van der Waals surface area contributed by atoms with Crippen molar-refractivity contribution < 1.29 is 9.21 Å². The van der Waals surface area contributed by atoms with Crippen LogP contribution in [-0.2, 0) is 0 Å². The van der Waals surface area contributed by atoms with Gasteiger partial charge in [0.1, 0.15) is 11.8 Å². The lowest BCUT2D eigenvalue weighted by Gasteiger charge is -2.11. The van der Waals surface area contributed by atoms with Crippen LogP contribution in [0.4, 0.5) is 0 Å². The number of aryl methyl sites for hydroxylation is 1. The first-order chi connectivity index (χ1) is 9.65. The number of hydrogen-bond acceptors (Lipinski definition) is 3. The van der Waals surface area contributed by atoms with Crippen LogP contribution in [0.15, 0.2) is 41.1 Å². The third kappa shape index (κ3) is 2.18. The van der Waals surface area contributed by atoms with Crippen LogP contribution in [0, 0.1) is 6.92 Å². The van der Waals surface area contributed by atoms with Crippen LogP contribution < -0.4 is 5.32 Å². The molecule has 1 atom stereocenters. The summed E-state index contributed by atoms with van der Waals surface area (Å²) in [6, 6.07) is 7.28. The smallest absolute Gasteiger partial charge is 0.254 e. The van der Waals surface area contributed by atoms with Gasteiger partial charge in [-0.05, 0) is 26.0 Å². The maximum atomic E-state index is 12.3. The zero-order valence-electron chi connectivity index (χ0n) is 11.3. The molecule has 0 fully saturated rings. The van der Waals surface area contributed by atoms with E-state index in [1.54, 1.807) is 12.3 Å². The van der Waals surface area contributed by atoms with Crippen molar-refractivity contribution in [2.75, 3.05) is 0 Å². The third-order valence-corrected chi connectivity index (χ3v) is 3.19. The lowest BCUT2D eigenvalue weighted by atomic mass is 10.1. The van der Waals surface area contributed by atoms with Gasteiger partial charge in [-0.1, -0.05) is 12.1 Å². The summed E-state index contributed by atoms with van der Waals surface area (Å²) < 4.78 is 5.42. The van der Waals surface area contributed by atoms with Gasteiger partial charge in [-0.2, -0.15) is 0 Å². The highest BCUT2D eigenvalue weighted by Crippen LogP contribution is 2.18. The van der Waals surface area contributed by atoms with Gasteiger partial charge < -0.3 is 14.7 Å². The zero-order valence-corrected chi connectivity index (χ0v) is 11.3. The fourth-order valence-electron chi connectivity index (χ4n) is 2.18. The van der Waals surface area contributed by atoms with Crippen LogP contribution in [0.3, 0.4) is 0 Å². The molecule has 2 heterocycles. The highest BCUT2D eigenvalue weighted by Gasteiger charge is 2.17. The lowest BCUT2D eigenvalue weighted by Crippen LogP contribution is -2.27. The van der Waals surface area contributed by atoms with Gasteiger partial charge >= 0.3 is 0 Å². The highest BCUT2D eigenvalue weighted by molar-refractivity contribution is 6.05. The Bertz CT molecular complexity index is 757. The molecule has 20 heavy (non-hydrogen) atoms. The summed E-state index contributed by atoms with van der Waals surface area (Å²) in [6.07, 6.45) is 3.46. The second kappa shape index (κ2) is 4.85. The van der Waals surface area contributed by atoms with Crippen LogP contribution in [-0.4, -0.2) is 15.9 Å². The lowest BCUT2D eigenvalue weighted by molar-refractivity contribution is 0.0935. The monoisotopic (exact) mass is 269 g/mol. The van der Waals surface area contributed by atoms with Crippen molar-refractivity contribution in [1.82, 2.24) is 15.3 Å². The predicted molar refractivity (Wildman–Crippen MR) is 75.4 cm³/mol. The molecule has 1 aromatic carbocycles. The van der Waals surface area contributed by atoms with Gasteiger partial charge in [0.25, 0.3) is 5.91 Å². The Kier molecular flexibility index (Phi) is 3.02. The molecule has 3 rings (SSSR count). The van der Waals surface area contributed by atoms with Crippen molar-refractivity contribution in [3.8, 4) is 0 Å². The van der Waals surface area contributed by atoms with Crippen molar-refractivity contribution in [2.24, 2.45) is 0 Å². The minimum Gasteiger partial charge on any atom is -0.444 e. The standard InChI is InChI=1S/C15H15N3O2/c1-9-8-17-15(20-9)10(2)18-14(19)12-5-3-4-11-6-7-16-13(11)12/h3-8,10,16H,1-2H3,(H,18,19). The Morgan fingerprint density at radius 1 is 1.40 bits per heavy atom. The number of aromatic amines is 1.